The van der Waals surface area contributed by atoms with Gasteiger partial charge in [-0.25, -0.2) is 9.97 Å². The molecule has 0 aliphatic heterocycles. The maximum atomic E-state index is 13.3. The Morgan fingerprint density at radius 2 is 1.85 bits per heavy atom. The average molecular weight is 462 g/mol. The molecule has 5 rings (SSSR count). The van der Waals surface area contributed by atoms with Gasteiger partial charge in [0, 0.05) is 30.3 Å². The van der Waals surface area contributed by atoms with E-state index in [1.54, 1.807) is 0 Å². The van der Waals surface area contributed by atoms with Gasteiger partial charge >= 0.3 is 0 Å². The highest BCUT2D eigenvalue weighted by molar-refractivity contribution is 6.09. The number of aryl methyl sites for hydroxylation is 2. The molecule has 0 radical (unpaired) electrons. The Bertz CT molecular complexity index is 1250. The first-order valence-corrected chi connectivity index (χ1v) is 12.0. The number of hydrogen-bond donors (Lipinski definition) is 3. The van der Waals surface area contributed by atoms with Crippen molar-refractivity contribution in [1.82, 2.24) is 25.6 Å². The highest BCUT2D eigenvalue weighted by Crippen LogP contribution is 2.37. The van der Waals surface area contributed by atoms with Gasteiger partial charge in [-0.15, -0.1) is 0 Å². The molecule has 1 aromatic carbocycles. The van der Waals surface area contributed by atoms with E-state index in [-0.39, 0.29) is 23.9 Å². The largest absolute Gasteiger partial charge is 0.493 e. The van der Waals surface area contributed by atoms with E-state index in [0.29, 0.717) is 23.6 Å². The van der Waals surface area contributed by atoms with E-state index in [9.17, 15) is 9.59 Å². The highest BCUT2D eigenvalue weighted by atomic mass is 16.5. The second-order valence-electron chi connectivity index (χ2n) is 9.71. The SMILES string of the molecule is CC(=O)N[C@@H]1CC[C@H](NC(=O)c2c(C)[nH]c3c(-c4cc(C)ccc4OCC4CC4)ncnc23)C1. The van der Waals surface area contributed by atoms with Crippen LogP contribution in [0.25, 0.3) is 22.3 Å². The monoisotopic (exact) mass is 461 g/mol. The third kappa shape index (κ3) is 4.62. The van der Waals surface area contributed by atoms with Gasteiger partial charge in [-0.05, 0) is 64.0 Å². The van der Waals surface area contributed by atoms with Crippen LogP contribution in [0.3, 0.4) is 0 Å². The van der Waals surface area contributed by atoms with Crippen LogP contribution in [0.2, 0.25) is 0 Å². The molecule has 2 atom stereocenters. The Kier molecular flexibility index (Phi) is 5.98. The van der Waals surface area contributed by atoms with Gasteiger partial charge in [0.15, 0.2) is 0 Å². The predicted octanol–water partition coefficient (Wildman–Crippen LogP) is 3.82. The zero-order valence-corrected chi connectivity index (χ0v) is 19.9. The number of amides is 2. The molecule has 8 nitrogen and oxygen atoms in total. The minimum absolute atomic E-state index is 0.0224. The zero-order chi connectivity index (χ0) is 23.8. The summed E-state index contributed by atoms with van der Waals surface area (Å²) >= 11 is 0. The molecule has 178 valence electrons. The van der Waals surface area contributed by atoms with E-state index >= 15 is 0 Å². The van der Waals surface area contributed by atoms with E-state index in [2.05, 4.69) is 31.7 Å². The number of aromatic nitrogens is 3. The molecule has 3 aromatic rings. The molecule has 34 heavy (non-hydrogen) atoms. The van der Waals surface area contributed by atoms with Gasteiger partial charge in [0.25, 0.3) is 5.91 Å². The summed E-state index contributed by atoms with van der Waals surface area (Å²) in [5.74, 6) is 1.25. The summed E-state index contributed by atoms with van der Waals surface area (Å²) in [7, 11) is 0. The molecular formula is C26H31N5O3. The second-order valence-corrected chi connectivity index (χ2v) is 9.71. The summed E-state index contributed by atoms with van der Waals surface area (Å²) in [6.45, 7) is 6.16. The lowest BCUT2D eigenvalue weighted by molar-refractivity contribution is -0.119. The molecule has 2 fully saturated rings. The van der Waals surface area contributed by atoms with Crippen LogP contribution >= 0.6 is 0 Å². The molecular weight excluding hydrogens is 430 g/mol. The fourth-order valence-corrected chi connectivity index (χ4v) is 4.84. The molecule has 2 aliphatic carbocycles. The molecule has 2 amide bonds. The third-order valence-corrected chi connectivity index (χ3v) is 6.74. The molecule has 2 heterocycles. The van der Waals surface area contributed by atoms with Crippen molar-refractivity contribution in [2.24, 2.45) is 5.92 Å². The molecule has 3 N–H and O–H groups in total. The number of rotatable bonds is 7. The van der Waals surface area contributed by atoms with Gasteiger partial charge in [-0.2, -0.15) is 0 Å². The maximum Gasteiger partial charge on any atom is 0.255 e. The summed E-state index contributed by atoms with van der Waals surface area (Å²) in [6.07, 6.45) is 6.39. The Morgan fingerprint density at radius 3 is 2.59 bits per heavy atom. The van der Waals surface area contributed by atoms with E-state index in [1.165, 1.54) is 26.1 Å². The van der Waals surface area contributed by atoms with Crippen molar-refractivity contribution in [2.45, 2.75) is 65.0 Å². The average Bonchev–Trinajstić information content (AvgIpc) is 3.42. The second kappa shape index (κ2) is 9.08. The maximum absolute atomic E-state index is 13.3. The minimum atomic E-state index is -0.156. The predicted molar refractivity (Wildman–Crippen MR) is 130 cm³/mol. The smallest absolute Gasteiger partial charge is 0.255 e. The molecule has 0 bridgehead atoms. The van der Waals surface area contributed by atoms with E-state index in [4.69, 9.17) is 4.74 Å². The Labute approximate surface area is 198 Å². The molecule has 0 unspecified atom stereocenters. The first-order valence-electron chi connectivity index (χ1n) is 12.0. The molecule has 2 aromatic heterocycles. The number of benzene rings is 1. The van der Waals surface area contributed by atoms with Crippen molar-refractivity contribution >= 4 is 22.8 Å². The van der Waals surface area contributed by atoms with Gasteiger partial charge < -0.3 is 20.4 Å². The number of ether oxygens (including phenoxy) is 1. The lowest BCUT2D eigenvalue weighted by Gasteiger charge is -2.14. The Morgan fingerprint density at radius 1 is 1.09 bits per heavy atom. The van der Waals surface area contributed by atoms with Crippen LogP contribution in [0.15, 0.2) is 24.5 Å². The Hall–Kier alpha value is -3.42. The number of nitrogens with one attached hydrogen (secondary N) is 3. The summed E-state index contributed by atoms with van der Waals surface area (Å²) in [6, 6.07) is 6.24. The fraction of sp³-hybridized carbons (Fsp3) is 0.462. The van der Waals surface area contributed by atoms with Crippen LogP contribution in [-0.2, 0) is 4.79 Å². The van der Waals surface area contributed by atoms with Crippen LogP contribution < -0.4 is 15.4 Å². The van der Waals surface area contributed by atoms with Crippen molar-refractivity contribution in [3.8, 4) is 17.0 Å². The first kappa shape index (κ1) is 22.4. The summed E-state index contributed by atoms with van der Waals surface area (Å²) in [5.41, 5.74) is 5.36. The van der Waals surface area contributed by atoms with Gasteiger partial charge in [0.2, 0.25) is 5.91 Å². The van der Waals surface area contributed by atoms with Gasteiger partial charge in [0.1, 0.15) is 23.3 Å². The molecule has 0 spiro atoms. The van der Waals surface area contributed by atoms with E-state index in [0.717, 1.165) is 53.0 Å². The number of fused-ring (bicyclic) bond motifs is 1. The number of carbonyl (C=O) groups excluding carboxylic acids is 2. The molecule has 0 saturated heterocycles. The summed E-state index contributed by atoms with van der Waals surface area (Å²) < 4.78 is 6.15. The number of nitrogens with zero attached hydrogens (tertiary/aromatic N) is 2. The lowest BCUT2D eigenvalue weighted by atomic mass is 10.1. The van der Waals surface area contributed by atoms with E-state index < -0.39 is 0 Å². The topological polar surface area (TPSA) is 109 Å². The summed E-state index contributed by atoms with van der Waals surface area (Å²) in [5, 5.41) is 6.09. The minimum Gasteiger partial charge on any atom is -0.493 e. The lowest BCUT2D eigenvalue weighted by Crippen LogP contribution is -2.36. The van der Waals surface area contributed by atoms with Crippen LogP contribution in [0.5, 0.6) is 5.75 Å². The van der Waals surface area contributed by atoms with E-state index in [1.807, 2.05) is 26.0 Å². The quantitative estimate of drug-likeness (QED) is 0.496. The highest BCUT2D eigenvalue weighted by Gasteiger charge is 2.29. The molecule has 2 saturated carbocycles. The first-order chi connectivity index (χ1) is 16.4. The van der Waals surface area contributed by atoms with Gasteiger partial charge in [-0.1, -0.05) is 11.6 Å². The van der Waals surface area contributed by atoms with Crippen molar-refractivity contribution in [1.29, 1.82) is 0 Å². The van der Waals surface area contributed by atoms with Crippen molar-refractivity contribution in [2.75, 3.05) is 6.61 Å². The summed E-state index contributed by atoms with van der Waals surface area (Å²) in [4.78, 5) is 37.0. The van der Waals surface area contributed by atoms with Crippen LogP contribution in [0.4, 0.5) is 0 Å². The van der Waals surface area contributed by atoms with Crippen molar-refractivity contribution in [3.05, 3.63) is 41.3 Å². The van der Waals surface area contributed by atoms with Gasteiger partial charge in [0.05, 0.1) is 17.7 Å². The normalized spacial score (nSPS) is 19.9. The molecule has 8 heteroatoms. The zero-order valence-electron chi connectivity index (χ0n) is 19.9. The van der Waals surface area contributed by atoms with Crippen molar-refractivity contribution < 1.29 is 14.3 Å². The third-order valence-electron chi connectivity index (χ3n) is 6.74. The van der Waals surface area contributed by atoms with Crippen molar-refractivity contribution in [3.63, 3.8) is 0 Å². The van der Waals surface area contributed by atoms with Gasteiger partial charge in [-0.3, -0.25) is 9.59 Å². The van der Waals surface area contributed by atoms with Crippen LogP contribution in [-0.4, -0.2) is 45.5 Å². The number of H-pyrrole nitrogens is 1. The van der Waals surface area contributed by atoms with Crippen LogP contribution in [0.1, 0.15) is 60.6 Å². The van der Waals surface area contributed by atoms with Crippen LogP contribution in [0, 0.1) is 19.8 Å². The standard InChI is InChI=1S/C26H31N5O3/c1-14-4-9-21(34-12-17-5-6-17)20(10-14)23-25-24(28-13-27-23)22(15(2)29-25)26(33)31-19-8-7-18(11-19)30-16(3)32/h4,9-10,13,17-19,29H,5-8,11-12H2,1-3H3,(H,30,32)(H,31,33)/t18-,19+/m1/s1. The number of aromatic amines is 1. The fourth-order valence-electron chi connectivity index (χ4n) is 4.84. The molecule has 2 aliphatic rings. The number of hydrogen-bond acceptors (Lipinski definition) is 5. The number of carbonyl (C=O) groups is 2. The Balaban J connectivity index is 1.44.